The average molecular weight is 337 g/mol. The minimum absolute atomic E-state index is 0.0551. The van der Waals surface area contributed by atoms with E-state index in [9.17, 15) is 13.6 Å². The third kappa shape index (κ3) is 2.53. The van der Waals surface area contributed by atoms with Crippen LogP contribution in [-0.2, 0) is 16.1 Å². The van der Waals surface area contributed by atoms with Crippen LogP contribution in [0.3, 0.4) is 0 Å². The predicted octanol–water partition coefficient (Wildman–Crippen LogP) is 5.00. The van der Waals surface area contributed by atoms with Gasteiger partial charge >= 0.3 is 5.97 Å². The molecule has 0 unspecified atom stereocenters. The lowest BCUT2D eigenvalue weighted by atomic mass is 10.0. The van der Waals surface area contributed by atoms with Gasteiger partial charge in [-0.1, -0.05) is 50.9 Å². The topological polar surface area (TPSA) is 26.3 Å². The minimum atomic E-state index is -0.934. The molecule has 0 aromatic heterocycles. The molecule has 1 aliphatic rings. The van der Waals surface area contributed by atoms with Crippen LogP contribution in [0.15, 0.2) is 6.07 Å². The maximum absolute atomic E-state index is 13.4. The number of carbonyl (C=O) groups excluding carboxylic acids is 1. The van der Waals surface area contributed by atoms with Crippen LogP contribution in [0, 0.1) is 28.4 Å². The summed E-state index contributed by atoms with van der Waals surface area (Å²) in [6.07, 6.45) is 0. The van der Waals surface area contributed by atoms with Crippen LogP contribution in [0.4, 0.5) is 8.78 Å². The Bertz CT molecular complexity index is 572. The summed E-state index contributed by atoms with van der Waals surface area (Å²) in [5.41, 5.74) is -0.407. The zero-order chi connectivity index (χ0) is 16.2. The van der Waals surface area contributed by atoms with Crippen molar-refractivity contribution >= 4 is 29.2 Å². The summed E-state index contributed by atoms with van der Waals surface area (Å²) in [4.78, 5) is 12.1. The van der Waals surface area contributed by atoms with Crippen LogP contribution in [0.2, 0.25) is 10.0 Å². The maximum Gasteiger partial charge on any atom is 0.310 e. The molecule has 0 heterocycles. The first kappa shape index (κ1) is 16.5. The van der Waals surface area contributed by atoms with Gasteiger partial charge in [-0.15, -0.1) is 0 Å². The van der Waals surface area contributed by atoms with Gasteiger partial charge in [-0.05, 0) is 10.8 Å². The van der Waals surface area contributed by atoms with Crippen LogP contribution in [-0.4, -0.2) is 5.97 Å². The highest BCUT2D eigenvalue weighted by molar-refractivity contribution is 6.36. The van der Waals surface area contributed by atoms with E-state index in [0.717, 1.165) is 0 Å². The number of benzene rings is 1. The van der Waals surface area contributed by atoms with Crippen molar-refractivity contribution < 1.29 is 18.3 Å². The van der Waals surface area contributed by atoms with Crippen molar-refractivity contribution in [2.45, 2.75) is 34.3 Å². The Kier molecular flexibility index (Phi) is 4.00. The summed E-state index contributed by atoms with van der Waals surface area (Å²) in [5, 5.41) is -0.660. The second-order valence-corrected chi connectivity index (χ2v) is 7.19. The molecule has 1 saturated carbocycles. The van der Waals surface area contributed by atoms with Gasteiger partial charge in [0.15, 0.2) is 0 Å². The first-order valence-corrected chi connectivity index (χ1v) is 7.26. The largest absolute Gasteiger partial charge is 0.460 e. The van der Waals surface area contributed by atoms with Gasteiger partial charge < -0.3 is 4.74 Å². The van der Waals surface area contributed by atoms with Crippen LogP contribution >= 0.6 is 23.2 Å². The quantitative estimate of drug-likeness (QED) is 0.573. The molecule has 1 aromatic carbocycles. The highest BCUT2D eigenvalue weighted by atomic mass is 35.5. The van der Waals surface area contributed by atoms with Crippen molar-refractivity contribution in [2.75, 3.05) is 0 Å². The van der Waals surface area contributed by atoms with Crippen LogP contribution in [0.1, 0.15) is 33.3 Å². The molecule has 0 N–H and O–H groups in total. The molecular weight excluding hydrogens is 321 g/mol. The fraction of sp³-hybridized carbons (Fsp3) is 0.533. The summed E-state index contributed by atoms with van der Waals surface area (Å²) < 4.78 is 31.9. The molecule has 0 aliphatic heterocycles. The van der Waals surface area contributed by atoms with Gasteiger partial charge in [-0.2, -0.15) is 0 Å². The van der Waals surface area contributed by atoms with Gasteiger partial charge in [-0.25, -0.2) is 8.78 Å². The normalized spacial score (nSPS) is 19.4. The highest BCUT2D eigenvalue weighted by Crippen LogP contribution is 2.68. The summed E-state index contributed by atoms with van der Waals surface area (Å²) in [6.45, 7) is 7.54. The van der Waals surface area contributed by atoms with E-state index in [1.54, 1.807) is 0 Å². The Labute approximate surface area is 132 Å². The van der Waals surface area contributed by atoms with Crippen molar-refractivity contribution in [2.24, 2.45) is 16.7 Å². The molecule has 2 nitrogen and oxygen atoms in total. The second-order valence-electron chi connectivity index (χ2n) is 6.43. The molecule has 0 radical (unpaired) electrons. The van der Waals surface area contributed by atoms with E-state index in [-0.39, 0.29) is 39.0 Å². The van der Waals surface area contributed by atoms with Crippen molar-refractivity contribution in [3.8, 4) is 0 Å². The molecule has 1 aromatic rings. The Morgan fingerprint density at radius 1 is 1.14 bits per heavy atom. The van der Waals surface area contributed by atoms with Gasteiger partial charge in [0.05, 0.1) is 16.0 Å². The van der Waals surface area contributed by atoms with Crippen LogP contribution < -0.4 is 0 Å². The van der Waals surface area contributed by atoms with Gasteiger partial charge in [-0.3, -0.25) is 4.79 Å². The van der Waals surface area contributed by atoms with Crippen molar-refractivity contribution in [1.29, 1.82) is 0 Å². The van der Waals surface area contributed by atoms with Crippen molar-refractivity contribution in [1.82, 2.24) is 0 Å². The summed E-state index contributed by atoms with van der Waals surface area (Å²) >= 11 is 11.5. The number of rotatable bonds is 3. The zero-order valence-electron chi connectivity index (χ0n) is 12.2. The Balaban J connectivity index is 2.14. The van der Waals surface area contributed by atoms with Crippen LogP contribution in [0.5, 0.6) is 0 Å². The molecule has 0 spiro atoms. The highest BCUT2D eigenvalue weighted by Gasteiger charge is 2.69. The van der Waals surface area contributed by atoms with E-state index >= 15 is 0 Å². The summed E-state index contributed by atoms with van der Waals surface area (Å²) in [7, 11) is 0. The molecular formula is C15H16Cl2F2O2. The predicted molar refractivity (Wildman–Crippen MR) is 77.2 cm³/mol. The van der Waals surface area contributed by atoms with Gasteiger partial charge in [0.2, 0.25) is 0 Å². The lowest BCUT2D eigenvalue weighted by Gasteiger charge is -2.10. The lowest BCUT2D eigenvalue weighted by Crippen LogP contribution is -2.12. The average Bonchev–Trinajstić information content (AvgIpc) is 2.77. The van der Waals surface area contributed by atoms with Crippen LogP contribution in [0.25, 0.3) is 0 Å². The first-order chi connectivity index (χ1) is 9.51. The Morgan fingerprint density at radius 3 is 1.95 bits per heavy atom. The van der Waals surface area contributed by atoms with Gasteiger partial charge in [0, 0.05) is 11.6 Å². The molecule has 0 amide bonds. The van der Waals surface area contributed by atoms with E-state index in [4.69, 9.17) is 27.9 Å². The standard InChI is InChI=1S/C15H16Cl2F2O2/c1-14(2)12(15(14,3)4)13(20)21-6-7-10(16)8(18)5-9(19)11(7)17/h5,12H,6H2,1-4H3. The molecule has 116 valence electrons. The molecule has 6 heteroatoms. The summed E-state index contributed by atoms with van der Waals surface area (Å²) in [6, 6.07) is 0.600. The number of hydrogen-bond donors (Lipinski definition) is 0. The van der Waals surface area contributed by atoms with E-state index in [2.05, 4.69) is 0 Å². The lowest BCUT2D eigenvalue weighted by molar-refractivity contribution is -0.148. The molecule has 21 heavy (non-hydrogen) atoms. The molecule has 1 aliphatic carbocycles. The second kappa shape index (κ2) is 5.10. The molecule has 0 saturated heterocycles. The molecule has 1 fully saturated rings. The number of carbonyl (C=O) groups is 1. The van der Waals surface area contributed by atoms with Crippen molar-refractivity contribution in [3.63, 3.8) is 0 Å². The van der Waals surface area contributed by atoms with E-state index < -0.39 is 17.6 Å². The maximum atomic E-state index is 13.4. The first-order valence-electron chi connectivity index (χ1n) is 6.50. The SMILES string of the molecule is CC1(C)C(C(=O)OCc2c(Cl)c(F)cc(F)c2Cl)C1(C)C. The molecule has 2 rings (SSSR count). The number of hydrogen-bond acceptors (Lipinski definition) is 2. The van der Waals surface area contributed by atoms with Gasteiger partial charge in [0.25, 0.3) is 0 Å². The monoisotopic (exact) mass is 336 g/mol. The fourth-order valence-corrected chi connectivity index (χ4v) is 3.22. The third-order valence-electron chi connectivity index (χ3n) is 4.82. The smallest absolute Gasteiger partial charge is 0.310 e. The molecule has 0 atom stereocenters. The Morgan fingerprint density at radius 2 is 1.57 bits per heavy atom. The van der Waals surface area contributed by atoms with E-state index in [0.29, 0.717) is 6.07 Å². The van der Waals surface area contributed by atoms with Gasteiger partial charge in [0.1, 0.15) is 18.2 Å². The zero-order valence-corrected chi connectivity index (χ0v) is 13.7. The van der Waals surface area contributed by atoms with E-state index in [1.807, 2.05) is 27.7 Å². The fourth-order valence-electron chi connectivity index (χ4n) is 2.76. The third-order valence-corrected chi connectivity index (χ3v) is 5.64. The number of esters is 1. The summed E-state index contributed by atoms with van der Waals surface area (Å²) in [5.74, 6) is -2.55. The van der Waals surface area contributed by atoms with E-state index in [1.165, 1.54) is 0 Å². The molecule has 0 bridgehead atoms. The number of ether oxygens (including phenoxy) is 1. The Hall–Kier alpha value is -0.870. The number of halogens is 4. The minimum Gasteiger partial charge on any atom is -0.460 e. The van der Waals surface area contributed by atoms with Crippen molar-refractivity contribution in [3.05, 3.63) is 33.3 Å².